The van der Waals surface area contributed by atoms with Gasteiger partial charge in [0, 0.05) is 30.1 Å². The van der Waals surface area contributed by atoms with Gasteiger partial charge in [-0.3, -0.25) is 0 Å². The molecule has 88 valence electrons. The van der Waals surface area contributed by atoms with E-state index >= 15 is 0 Å². The number of nitrogens with two attached hydrogens (primary N) is 1. The Balaban J connectivity index is 2.11. The van der Waals surface area contributed by atoms with E-state index in [1.54, 1.807) is 0 Å². The molecule has 0 bridgehead atoms. The van der Waals surface area contributed by atoms with E-state index in [2.05, 4.69) is 10.4 Å². The summed E-state index contributed by atoms with van der Waals surface area (Å²) in [4.78, 5) is 0. The smallest absolute Gasteiger partial charge is 0.150 e. The van der Waals surface area contributed by atoms with Gasteiger partial charge in [-0.1, -0.05) is 11.6 Å². The number of fused-ring (bicyclic) bond motifs is 1. The third kappa shape index (κ3) is 1.79. The Hall–Kier alpha value is -1.52. The van der Waals surface area contributed by atoms with Gasteiger partial charge in [-0.05, 0) is 24.3 Å². The molecule has 0 saturated carbocycles. The first-order chi connectivity index (χ1) is 8.25. The van der Waals surface area contributed by atoms with Crippen molar-refractivity contribution in [3.05, 3.63) is 40.5 Å². The van der Waals surface area contributed by atoms with E-state index in [1.807, 2.05) is 28.9 Å². The number of benzene rings is 1. The molecular weight excluding hydrogens is 236 g/mol. The molecular formula is C12H13ClN4. The molecule has 5 heteroatoms. The number of hydrogen-bond donors (Lipinski definition) is 2. The molecule has 0 atom stereocenters. The Morgan fingerprint density at radius 3 is 2.82 bits per heavy atom. The maximum atomic E-state index is 5.93. The summed E-state index contributed by atoms with van der Waals surface area (Å²) in [5, 5.41) is 8.43. The summed E-state index contributed by atoms with van der Waals surface area (Å²) in [6.07, 6.45) is 0.947. The molecule has 17 heavy (non-hydrogen) atoms. The molecule has 0 saturated heterocycles. The van der Waals surface area contributed by atoms with Gasteiger partial charge in [0.25, 0.3) is 0 Å². The maximum Gasteiger partial charge on any atom is 0.150 e. The van der Waals surface area contributed by atoms with Crippen LogP contribution in [0, 0.1) is 0 Å². The normalized spacial score (nSPS) is 14.6. The van der Waals surface area contributed by atoms with Gasteiger partial charge < -0.3 is 11.1 Å². The lowest BCUT2D eigenvalue weighted by Crippen LogP contribution is -2.24. The number of nitrogens with one attached hydrogen (secondary N) is 1. The molecule has 0 aliphatic carbocycles. The van der Waals surface area contributed by atoms with E-state index in [1.165, 1.54) is 5.69 Å². The minimum Gasteiger partial charge on any atom is -0.382 e. The molecule has 4 nitrogen and oxygen atoms in total. The van der Waals surface area contributed by atoms with Crippen molar-refractivity contribution in [1.82, 2.24) is 15.1 Å². The first-order valence-electron chi connectivity index (χ1n) is 5.58. The predicted molar refractivity (Wildman–Crippen MR) is 68.4 cm³/mol. The number of halogens is 1. The van der Waals surface area contributed by atoms with Gasteiger partial charge in [0.2, 0.25) is 0 Å². The summed E-state index contributed by atoms with van der Waals surface area (Å²) >= 11 is 5.88. The number of nitrogens with zero attached hydrogens (tertiary/aromatic N) is 2. The third-order valence-electron chi connectivity index (χ3n) is 3.03. The van der Waals surface area contributed by atoms with Crippen molar-refractivity contribution in [2.24, 2.45) is 0 Å². The van der Waals surface area contributed by atoms with E-state index in [9.17, 15) is 0 Å². The molecule has 3 rings (SSSR count). The average molecular weight is 249 g/mol. The molecule has 1 aliphatic rings. The number of anilines is 1. The standard InChI is InChI=1S/C12H13ClN4/c13-8-1-3-9(4-2-8)17-11-5-6-15-7-10(11)12(14)16-17/h1-4,15H,5-7H2,(H2,14,16). The minimum absolute atomic E-state index is 0.613. The number of rotatable bonds is 1. The van der Waals surface area contributed by atoms with Crippen LogP contribution in [-0.4, -0.2) is 16.3 Å². The highest BCUT2D eigenvalue weighted by Crippen LogP contribution is 2.24. The molecule has 3 N–H and O–H groups in total. The molecule has 0 unspecified atom stereocenters. The highest BCUT2D eigenvalue weighted by molar-refractivity contribution is 6.30. The van der Waals surface area contributed by atoms with Gasteiger partial charge in [-0.25, -0.2) is 4.68 Å². The molecule has 0 radical (unpaired) electrons. The average Bonchev–Trinajstić information content (AvgIpc) is 2.69. The fraction of sp³-hybridized carbons (Fsp3) is 0.250. The Bertz CT molecular complexity index is 544. The number of hydrogen-bond acceptors (Lipinski definition) is 3. The van der Waals surface area contributed by atoms with Crippen molar-refractivity contribution in [3.8, 4) is 5.69 Å². The fourth-order valence-electron chi connectivity index (χ4n) is 2.17. The van der Waals surface area contributed by atoms with Crippen LogP contribution >= 0.6 is 11.6 Å². The molecule has 2 aromatic rings. The van der Waals surface area contributed by atoms with Crippen molar-refractivity contribution < 1.29 is 0 Å². The lowest BCUT2D eigenvalue weighted by Gasteiger charge is -2.15. The van der Waals surface area contributed by atoms with Crippen LogP contribution < -0.4 is 11.1 Å². The zero-order valence-electron chi connectivity index (χ0n) is 9.28. The van der Waals surface area contributed by atoms with Crippen molar-refractivity contribution in [1.29, 1.82) is 0 Å². The lowest BCUT2D eigenvalue weighted by atomic mass is 10.1. The van der Waals surface area contributed by atoms with E-state index in [0.717, 1.165) is 35.8 Å². The van der Waals surface area contributed by atoms with Crippen LogP contribution in [0.2, 0.25) is 5.02 Å². The largest absolute Gasteiger partial charge is 0.382 e. The maximum absolute atomic E-state index is 5.93. The second kappa shape index (κ2) is 4.05. The van der Waals surface area contributed by atoms with Crippen LogP contribution in [0.25, 0.3) is 5.69 Å². The zero-order chi connectivity index (χ0) is 11.8. The number of aromatic nitrogens is 2. The summed E-state index contributed by atoms with van der Waals surface area (Å²) in [6, 6.07) is 7.64. The second-order valence-electron chi connectivity index (χ2n) is 4.13. The first kappa shape index (κ1) is 10.6. The van der Waals surface area contributed by atoms with Crippen molar-refractivity contribution >= 4 is 17.4 Å². The van der Waals surface area contributed by atoms with Crippen LogP contribution in [0.3, 0.4) is 0 Å². The van der Waals surface area contributed by atoms with Gasteiger partial charge in [0.1, 0.15) is 0 Å². The van der Waals surface area contributed by atoms with Crippen LogP contribution in [-0.2, 0) is 13.0 Å². The van der Waals surface area contributed by atoms with Gasteiger partial charge in [-0.15, -0.1) is 0 Å². The second-order valence-corrected chi connectivity index (χ2v) is 4.56. The first-order valence-corrected chi connectivity index (χ1v) is 5.96. The van der Waals surface area contributed by atoms with Gasteiger partial charge >= 0.3 is 0 Å². The summed E-state index contributed by atoms with van der Waals surface area (Å²) in [5.74, 6) is 0.613. The highest BCUT2D eigenvalue weighted by atomic mass is 35.5. The SMILES string of the molecule is Nc1nn(-c2ccc(Cl)cc2)c2c1CNCC2. The van der Waals surface area contributed by atoms with E-state index in [0.29, 0.717) is 5.82 Å². The molecule has 1 aromatic carbocycles. The van der Waals surface area contributed by atoms with Crippen LogP contribution in [0.4, 0.5) is 5.82 Å². The van der Waals surface area contributed by atoms with Crippen LogP contribution in [0.1, 0.15) is 11.3 Å². The fourth-order valence-corrected chi connectivity index (χ4v) is 2.30. The minimum atomic E-state index is 0.613. The van der Waals surface area contributed by atoms with Crippen LogP contribution in [0.15, 0.2) is 24.3 Å². The van der Waals surface area contributed by atoms with Crippen molar-refractivity contribution in [2.45, 2.75) is 13.0 Å². The molecule has 0 amide bonds. The molecule has 0 fully saturated rings. The van der Waals surface area contributed by atoms with Gasteiger partial charge in [0.05, 0.1) is 11.4 Å². The third-order valence-corrected chi connectivity index (χ3v) is 3.28. The molecule has 1 aliphatic heterocycles. The Morgan fingerprint density at radius 1 is 1.29 bits per heavy atom. The Labute approximate surface area is 104 Å². The van der Waals surface area contributed by atoms with E-state index in [4.69, 9.17) is 17.3 Å². The summed E-state index contributed by atoms with van der Waals surface area (Å²) < 4.78 is 1.92. The van der Waals surface area contributed by atoms with Gasteiger partial charge in [0.15, 0.2) is 5.82 Å². The van der Waals surface area contributed by atoms with Gasteiger partial charge in [-0.2, -0.15) is 5.10 Å². The summed E-state index contributed by atoms with van der Waals surface area (Å²) in [6.45, 7) is 1.76. The van der Waals surface area contributed by atoms with E-state index in [-0.39, 0.29) is 0 Å². The highest BCUT2D eigenvalue weighted by Gasteiger charge is 2.19. The topological polar surface area (TPSA) is 55.9 Å². The van der Waals surface area contributed by atoms with Crippen molar-refractivity contribution in [2.75, 3.05) is 12.3 Å². The quantitative estimate of drug-likeness (QED) is 0.809. The molecule has 1 aromatic heterocycles. The summed E-state index contributed by atoms with van der Waals surface area (Å²) in [7, 11) is 0. The molecule has 2 heterocycles. The lowest BCUT2D eigenvalue weighted by molar-refractivity contribution is 0.623. The Morgan fingerprint density at radius 2 is 2.06 bits per heavy atom. The molecule has 0 spiro atoms. The Kier molecular flexibility index (Phi) is 2.53. The predicted octanol–water partition coefficient (Wildman–Crippen LogP) is 1.75. The zero-order valence-corrected chi connectivity index (χ0v) is 10.0. The van der Waals surface area contributed by atoms with Crippen LogP contribution in [0.5, 0.6) is 0 Å². The number of nitrogen functional groups attached to an aromatic ring is 1. The monoisotopic (exact) mass is 248 g/mol. The van der Waals surface area contributed by atoms with E-state index < -0.39 is 0 Å². The van der Waals surface area contributed by atoms with Crippen molar-refractivity contribution in [3.63, 3.8) is 0 Å². The summed E-state index contributed by atoms with van der Waals surface area (Å²) in [5.41, 5.74) is 9.25.